The number of halogens is 3. The molecule has 1 aliphatic heterocycles. The standard InChI is InChI=1S/C14H18BrCl2NO/c15-12-2-1-11(14(17)9-12)10-18-6-3-13(4-7-18)19-8-5-16/h1-2,9,13H,3-8,10H2. The number of hydrogen-bond acceptors (Lipinski definition) is 2. The third kappa shape index (κ3) is 4.91. The smallest absolute Gasteiger partial charge is 0.0605 e. The van der Waals surface area contributed by atoms with Crippen LogP contribution in [-0.2, 0) is 11.3 Å². The van der Waals surface area contributed by atoms with Crippen molar-refractivity contribution >= 4 is 39.1 Å². The first-order valence-corrected chi connectivity index (χ1v) is 8.23. The van der Waals surface area contributed by atoms with Crippen molar-refractivity contribution in [1.29, 1.82) is 0 Å². The maximum atomic E-state index is 6.25. The van der Waals surface area contributed by atoms with Crippen LogP contribution in [0.5, 0.6) is 0 Å². The Balaban J connectivity index is 1.82. The van der Waals surface area contributed by atoms with E-state index in [0.29, 0.717) is 18.6 Å². The molecule has 0 bridgehead atoms. The lowest BCUT2D eigenvalue weighted by molar-refractivity contribution is 0.0135. The Morgan fingerprint density at radius 2 is 2.05 bits per heavy atom. The van der Waals surface area contributed by atoms with Gasteiger partial charge in [0, 0.05) is 35.0 Å². The molecule has 0 spiro atoms. The zero-order chi connectivity index (χ0) is 13.7. The van der Waals surface area contributed by atoms with Gasteiger partial charge in [0.2, 0.25) is 0 Å². The van der Waals surface area contributed by atoms with Crippen LogP contribution in [0.4, 0.5) is 0 Å². The van der Waals surface area contributed by atoms with Gasteiger partial charge in [-0.3, -0.25) is 4.90 Å². The van der Waals surface area contributed by atoms with Crippen molar-refractivity contribution in [3.05, 3.63) is 33.3 Å². The minimum Gasteiger partial charge on any atom is -0.377 e. The van der Waals surface area contributed by atoms with Crippen LogP contribution in [0.25, 0.3) is 0 Å². The molecule has 1 aromatic carbocycles. The minimum absolute atomic E-state index is 0.371. The van der Waals surface area contributed by atoms with E-state index in [0.717, 1.165) is 42.0 Å². The molecule has 1 aliphatic rings. The van der Waals surface area contributed by atoms with Crippen LogP contribution in [0, 0.1) is 0 Å². The van der Waals surface area contributed by atoms with Crippen LogP contribution < -0.4 is 0 Å². The number of hydrogen-bond donors (Lipinski definition) is 0. The van der Waals surface area contributed by atoms with Crippen LogP contribution in [-0.4, -0.2) is 36.6 Å². The fraction of sp³-hybridized carbons (Fsp3) is 0.571. The topological polar surface area (TPSA) is 12.5 Å². The van der Waals surface area contributed by atoms with E-state index in [1.165, 1.54) is 5.56 Å². The quantitative estimate of drug-likeness (QED) is 0.719. The van der Waals surface area contributed by atoms with Gasteiger partial charge in [-0.25, -0.2) is 0 Å². The largest absolute Gasteiger partial charge is 0.377 e. The number of benzene rings is 1. The summed E-state index contributed by atoms with van der Waals surface area (Å²) >= 11 is 15.3. The number of likely N-dealkylation sites (tertiary alicyclic amines) is 1. The van der Waals surface area contributed by atoms with Gasteiger partial charge >= 0.3 is 0 Å². The first-order valence-electron chi connectivity index (χ1n) is 6.53. The molecule has 0 aromatic heterocycles. The predicted molar refractivity (Wildman–Crippen MR) is 84.1 cm³/mol. The summed E-state index contributed by atoms with van der Waals surface area (Å²) in [4.78, 5) is 2.43. The molecule has 0 radical (unpaired) electrons. The predicted octanol–water partition coefficient (Wildman–Crippen LogP) is 4.32. The average Bonchev–Trinajstić information content (AvgIpc) is 2.41. The molecule has 1 saturated heterocycles. The molecule has 19 heavy (non-hydrogen) atoms. The summed E-state index contributed by atoms with van der Waals surface area (Å²) in [5, 5.41) is 0.829. The zero-order valence-corrected chi connectivity index (χ0v) is 13.8. The molecule has 0 aliphatic carbocycles. The van der Waals surface area contributed by atoms with Gasteiger partial charge in [-0.05, 0) is 30.5 Å². The number of rotatable bonds is 5. The maximum absolute atomic E-state index is 6.25. The summed E-state index contributed by atoms with van der Waals surface area (Å²) in [5.74, 6) is 0.578. The summed E-state index contributed by atoms with van der Waals surface area (Å²) in [6.45, 7) is 3.68. The van der Waals surface area contributed by atoms with E-state index in [1.807, 2.05) is 12.1 Å². The molecule has 0 unspecified atom stereocenters. The van der Waals surface area contributed by atoms with Crippen molar-refractivity contribution < 1.29 is 4.74 Å². The SMILES string of the molecule is ClCCOC1CCN(Cc2ccc(Br)cc2Cl)CC1. The van der Waals surface area contributed by atoms with E-state index >= 15 is 0 Å². The average molecular weight is 367 g/mol. The third-order valence-electron chi connectivity index (χ3n) is 3.37. The molecule has 106 valence electrons. The molecule has 1 aromatic rings. The molecule has 1 fully saturated rings. The highest BCUT2D eigenvalue weighted by Gasteiger charge is 2.20. The first kappa shape index (κ1) is 15.6. The van der Waals surface area contributed by atoms with Crippen molar-refractivity contribution in [1.82, 2.24) is 4.90 Å². The van der Waals surface area contributed by atoms with Crippen LogP contribution in [0.15, 0.2) is 22.7 Å². The van der Waals surface area contributed by atoms with Gasteiger partial charge in [0.1, 0.15) is 0 Å². The summed E-state index contributed by atoms with van der Waals surface area (Å²) in [7, 11) is 0. The van der Waals surface area contributed by atoms with Crippen molar-refractivity contribution in [2.75, 3.05) is 25.6 Å². The van der Waals surface area contributed by atoms with E-state index in [1.54, 1.807) is 0 Å². The molecule has 2 rings (SSSR count). The zero-order valence-electron chi connectivity index (χ0n) is 10.7. The van der Waals surface area contributed by atoms with E-state index in [-0.39, 0.29) is 0 Å². The number of alkyl halides is 1. The number of ether oxygens (including phenoxy) is 1. The summed E-state index contributed by atoms with van der Waals surface area (Å²) in [6.07, 6.45) is 2.52. The Hall–Kier alpha value is 0.200. The van der Waals surface area contributed by atoms with E-state index in [2.05, 4.69) is 26.9 Å². The van der Waals surface area contributed by atoms with Gasteiger partial charge in [0.15, 0.2) is 0 Å². The van der Waals surface area contributed by atoms with Gasteiger partial charge in [0.25, 0.3) is 0 Å². The molecule has 1 heterocycles. The fourth-order valence-corrected chi connectivity index (χ4v) is 3.16. The molecule has 0 N–H and O–H groups in total. The fourth-order valence-electron chi connectivity index (χ4n) is 2.34. The monoisotopic (exact) mass is 365 g/mol. The maximum Gasteiger partial charge on any atom is 0.0605 e. The van der Waals surface area contributed by atoms with E-state index < -0.39 is 0 Å². The normalized spacial score (nSPS) is 17.8. The molecule has 0 saturated carbocycles. The molecule has 0 amide bonds. The lowest BCUT2D eigenvalue weighted by atomic mass is 10.1. The lowest BCUT2D eigenvalue weighted by Crippen LogP contribution is -2.36. The van der Waals surface area contributed by atoms with Crippen molar-refractivity contribution in [3.63, 3.8) is 0 Å². The van der Waals surface area contributed by atoms with Crippen LogP contribution in [0.3, 0.4) is 0 Å². The van der Waals surface area contributed by atoms with Gasteiger partial charge in [-0.15, -0.1) is 11.6 Å². The van der Waals surface area contributed by atoms with Gasteiger partial charge in [-0.2, -0.15) is 0 Å². The Morgan fingerprint density at radius 3 is 2.68 bits per heavy atom. The third-order valence-corrected chi connectivity index (χ3v) is 4.37. The Bertz CT molecular complexity index is 408. The second kappa shape index (κ2) is 7.84. The molecular formula is C14H18BrCl2NO. The lowest BCUT2D eigenvalue weighted by Gasteiger charge is -2.32. The van der Waals surface area contributed by atoms with Crippen LogP contribution in [0.1, 0.15) is 18.4 Å². The van der Waals surface area contributed by atoms with Crippen LogP contribution >= 0.6 is 39.1 Å². The highest BCUT2D eigenvalue weighted by atomic mass is 79.9. The second-order valence-electron chi connectivity index (χ2n) is 4.77. The van der Waals surface area contributed by atoms with E-state index in [9.17, 15) is 0 Å². The van der Waals surface area contributed by atoms with Crippen molar-refractivity contribution in [2.45, 2.75) is 25.5 Å². The first-order chi connectivity index (χ1) is 9.19. The minimum atomic E-state index is 0.371. The molecule has 2 nitrogen and oxygen atoms in total. The summed E-state index contributed by atoms with van der Waals surface area (Å²) in [6, 6.07) is 6.08. The Morgan fingerprint density at radius 1 is 1.32 bits per heavy atom. The Labute approximate surface area is 133 Å². The number of nitrogens with zero attached hydrogens (tertiary/aromatic N) is 1. The van der Waals surface area contributed by atoms with Gasteiger partial charge in [0.05, 0.1) is 12.7 Å². The van der Waals surface area contributed by atoms with Gasteiger partial charge < -0.3 is 4.74 Å². The van der Waals surface area contributed by atoms with E-state index in [4.69, 9.17) is 27.9 Å². The van der Waals surface area contributed by atoms with Crippen molar-refractivity contribution in [2.24, 2.45) is 0 Å². The second-order valence-corrected chi connectivity index (χ2v) is 6.47. The highest BCUT2D eigenvalue weighted by Crippen LogP contribution is 2.24. The Kier molecular flexibility index (Phi) is 6.43. The van der Waals surface area contributed by atoms with Gasteiger partial charge in [-0.1, -0.05) is 33.6 Å². The highest BCUT2D eigenvalue weighted by molar-refractivity contribution is 9.10. The number of piperidine rings is 1. The summed E-state index contributed by atoms with van der Waals surface area (Å²) < 4.78 is 6.70. The summed E-state index contributed by atoms with van der Waals surface area (Å²) in [5.41, 5.74) is 1.19. The van der Waals surface area contributed by atoms with Crippen LogP contribution in [0.2, 0.25) is 5.02 Å². The molecule has 5 heteroatoms. The van der Waals surface area contributed by atoms with Crippen molar-refractivity contribution in [3.8, 4) is 0 Å². The molecular weight excluding hydrogens is 349 g/mol. The molecule has 0 atom stereocenters.